The molecule has 19 heavy (non-hydrogen) atoms. The van der Waals surface area contributed by atoms with E-state index in [9.17, 15) is 18.3 Å². The highest BCUT2D eigenvalue weighted by Gasteiger charge is 2.24. The van der Waals surface area contributed by atoms with Gasteiger partial charge in [-0.25, -0.2) is 13.1 Å². The van der Waals surface area contributed by atoms with Gasteiger partial charge in [0.15, 0.2) is 4.21 Å². The first-order valence-corrected chi connectivity index (χ1v) is 8.56. The number of hydrogen-bond donors (Lipinski definition) is 3. The van der Waals surface area contributed by atoms with Crippen LogP contribution < -0.4 is 9.60 Å². The van der Waals surface area contributed by atoms with Gasteiger partial charge in [0, 0.05) is 12.2 Å². The van der Waals surface area contributed by atoms with Gasteiger partial charge in [0.05, 0.1) is 6.10 Å². The number of aromatic amines is 1. The highest BCUT2D eigenvalue weighted by atomic mass is 32.2. The average Bonchev–Trinajstić information content (AvgIpc) is 2.67. The van der Waals surface area contributed by atoms with Gasteiger partial charge < -0.3 is 10.1 Å². The van der Waals surface area contributed by atoms with Crippen LogP contribution in [0, 0.1) is 12.8 Å². The van der Waals surface area contributed by atoms with Crippen LogP contribution >= 0.6 is 11.3 Å². The number of aromatic nitrogens is 1. The zero-order valence-corrected chi connectivity index (χ0v) is 12.3. The number of aliphatic hydroxyl groups is 1. The normalized spacial score (nSPS) is 24.5. The maximum Gasteiger partial charge on any atom is 0.305 e. The second-order valence-corrected chi connectivity index (χ2v) is 7.91. The van der Waals surface area contributed by atoms with Crippen LogP contribution in [0.4, 0.5) is 0 Å². The van der Waals surface area contributed by atoms with E-state index in [1.165, 1.54) is 0 Å². The number of aliphatic hydroxyl groups excluding tert-OH is 1. The Balaban J connectivity index is 2.02. The molecule has 2 unspecified atom stereocenters. The summed E-state index contributed by atoms with van der Waals surface area (Å²) >= 11 is 0.697. The lowest BCUT2D eigenvalue weighted by Crippen LogP contribution is -2.32. The van der Waals surface area contributed by atoms with E-state index in [-0.39, 0.29) is 21.1 Å². The lowest BCUT2D eigenvalue weighted by Gasteiger charge is -2.25. The molecule has 0 bridgehead atoms. The van der Waals surface area contributed by atoms with Gasteiger partial charge in [-0.2, -0.15) is 0 Å². The van der Waals surface area contributed by atoms with Crippen LogP contribution in [0.3, 0.4) is 0 Å². The predicted molar refractivity (Wildman–Crippen MR) is 72.8 cm³/mol. The molecule has 1 saturated carbocycles. The second kappa shape index (κ2) is 5.74. The van der Waals surface area contributed by atoms with Crippen molar-refractivity contribution in [3.05, 3.63) is 15.4 Å². The SMILES string of the molecule is Cc1[nH]c(=O)sc1S(=O)(=O)NCC1CCCC(O)C1. The monoisotopic (exact) mass is 306 g/mol. The molecule has 8 heteroatoms. The van der Waals surface area contributed by atoms with E-state index in [0.29, 0.717) is 30.0 Å². The minimum absolute atomic E-state index is 0.0499. The van der Waals surface area contributed by atoms with Gasteiger partial charge in [-0.1, -0.05) is 17.8 Å². The van der Waals surface area contributed by atoms with E-state index in [2.05, 4.69) is 9.71 Å². The van der Waals surface area contributed by atoms with Crippen molar-refractivity contribution in [3.8, 4) is 0 Å². The number of sulfonamides is 1. The summed E-state index contributed by atoms with van der Waals surface area (Å²) in [7, 11) is -3.63. The lowest BCUT2D eigenvalue weighted by molar-refractivity contribution is 0.102. The molecule has 1 fully saturated rings. The second-order valence-electron chi connectivity index (χ2n) is 4.97. The third-order valence-corrected chi connectivity index (χ3v) is 6.37. The summed E-state index contributed by atoms with van der Waals surface area (Å²) in [6.07, 6.45) is 2.94. The van der Waals surface area contributed by atoms with Gasteiger partial charge >= 0.3 is 4.87 Å². The van der Waals surface area contributed by atoms with E-state index in [1.807, 2.05) is 0 Å². The fourth-order valence-corrected chi connectivity index (χ4v) is 4.85. The van der Waals surface area contributed by atoms with E-state index in [1.54, 1.807) is 6.92 Å². The summed E-state index contributed by atoms with van der Waals surface area (Å²) in [5.41, 5.74) is 0.367. The molecule has 108 valence electrons. The summed E-state index contributed by atoms with van der Waals surface area (Å²) < 4.78 is 26.7. The zero-order valence-electron chi connectivity index (χ0n) is 10.7. The van der Waals surface area contributed by atoms with Crippen molar-refractivity contribution in [2.24, 2.45) is 5.92 Å². The van der Waals surface area contributed by atoms with Gasteiger partial charge in [-0.05, 0) is 32.1 Å². The Labute approximate surface area is 115 Å². The topological polar surface area (TPSA) is 99.3 Å². The quantitative estimate of drug-likeness (QED) is 0.757. The molecule has 1 aromatic rings. The molecule has 1 aliphatic carbocycles. The largest absolute Gasteiger partial charge is 0.393 e. The highest BCUT2D eigenvalue weighted by Crippen LogP contribution is 2.24. The van der Waals surface area contributed by atoms with Crippen molar-refractivity contribution in [3.63, 3.8) is 0 Å². The Bertz CT molecular complexity index is 590. The molecule has 6 nitrogen and oxygen atoms in total. The molecular formula is C11H18N2O4S2. The first-order valence-electron chi connectivity index (χ1n) is 6.26. The van der Waals surface area contributed by atoms with Crippen molar-refractivity contribution in [1.82, 2.24) is 9.71 Å². The lowest BCUT2D eigenvalue weighted by atomic mass is 9.87. The Morgan fingerprint density at radius 3 is 2.79 bits per heavy atom. The fraction of sp³-hybridized carbons (Fsp3) is 0.727. The molecule has 0 aromatic carbocycles. The average molecular weight is 306 g/mol. The molecule has 3 N–H and O–H groups in total. The fourth-order valence-electron chi connectivity index (χ4n) is 2.39. The van der Waals surface area contributed by atoms with Crippen molar-refractivity contribution >= 4 is 21.4 Å². The van der Waals surface area contributed by atoms with Gasteiger partial charge in [0.25, 0.3) is 10.0 Å². The predicted octanol–water partition coefficient (Wildman–Crippen LogP) is 0.574. The van der Waals surface area contributed by atoms with Crippen molar-refractivity contribution in [2.45, 2.75) is 42.9 Å². The number of aryl methyl sites for hydroxylation is 1. The standard InChI is InChI=1S/C11H18N2O4S2/c1-7-10(18-11(15)13-7)19(16,17)12-6-8-3-2-4-9(14)5-8/h8-9,12,14H,2-6H2,1H3,(H,13,15). The van der Waals surface area contributed by atoms with Crippen LogP contribution in [0.1, 0.15) is 31.4 Å². The molecule has 0 saturated heterocycles. The van der Waals surface area contributed by atoms with Gasteiger partial charge in [0.1, 0.15) is 0 Å². The van der Waals surface area contributed by atoms with Crippen LogP contribution in [0.15, 0.2) is 9.00 Å². The van der Waals surface area contributed by atoms with Gasteiger partial charge in [-0.15, -0.1) is 0 Å². The summed E-state index contributed by atoms with van der Waals surface area (Å²) in [4.78, 5) is 13.2. The third-order valence-electron chi connectivity index (χ3n) is 3.34. The Morgan fingerprint density at radius 2 is 2.21 bits per heavy atom. The van der Waals surface area contributed by atoms with E-state index < -0.39 is 10.0 Å². The maximum atomic E-state index is 12.1. The van der Waals surface area contributed by atoms with Crippen LogP contribution in [-0.4, -0.2) is 31.2 Å². The molecule has 1 aromatic heterocycles. The minimum Gasteiger partial charge on any atom is -0.393 e. The van der Waals surface area contributed by atoms with Crippen LogP contribution in [0.5, 0.6) is 0 Å². The molecule has 1 aliphatic rings. The van der Waals surface area contributed by atoms with E-state index >= 15 is 0 Å². The van der Waals surface area contributed by atoms with Crippen molar-refractivity contribution in [1.29, 1.82) is 0 Å². The number of thiazole rings is 1. The molecule has 1 heterocycles. The number of rotatable bonds is 4. The molecule has 2 atom stereocenters. The molecule has 2 rings (SSSR count). The number of nitrogens with one attached hydrogen (secondary N) is 2. The Morgan fingerprint density at radius 1 is 1.47 bits per heavy atom. The molecule has 0 aliphatic heterocycles. The third kappa shape index (κ3) is 3.65. The summed E-state index contributed by atoms with van der Waals surface area (Å²) in [6, 6.07) is 0. The van der Waals surface area contributed by atoms with Gasteiger partial charge in [0.2, 0.25) is 0 Å². The Hall–Kier alpha value is -0.700. The van der Waals surface area contributed by atoms with Crippen LogP contribution in [-0.2, 0) is 10.0 Å². The highest BCUT2D eigenvalue weighted by molar-refractivity contribution is 7.91. The number of hydrogen-bond acceptors (Lipinski definition) is 5. The first-order chi connectivity index (χ1) is 8.88. The molecule has 0 radical (unpaired) electrons. The summed E-state index contributed by atoms with van der Waals surface area (Å²) in [5, 5.41) is 9.55. The Kier molecular flexibility index (Phi) is 4.44. The zero-order chi connectivity index (χ0) is 14.0. The van der Waals surface area contributed by atoms with Gasteiger partial charge in [-0.3, -0.25) is 4.79 Å². The van der Waals surface area contributed by atoms with Crippen LogP contribution in [0.25, 0.3) is 0 Å². The first kappa shape index (κ1) is 14.7. The maximum absolute atomic E-state index is 12.1. The minimum atomic E-state index is -3.63. The molecular weight excluding hydrogens is 288 g/mol. The van der Waals surface area contributed by atoms with Crippen molar-refractivity contribution < 1.29 is 13.5 Å². The smallest absolute Gasteiger partial charge is 0.305 e. The summed E-state index contributed by atoms with van der Waals surface area (Å²) in [6.45, 7) is 1.88. The van der Waals surface area contributed by atoms with Crippen molar-refractivity contribution in [2.75, 3.05) is 6.54 Å². The summed E-state index contributed by atoms with van der Waals surface area (Å²) in [5.74, 6) is 0.162. The molecule has 0 spiro atoms. The van der Waals surface area contributed by atoms with E-state index in [4.69, 9.17) is 0 Å². The van der Waals surface area contributed by atoms with Crippen LogP contribution in [0.2, 0.25) is 0 Å². The van der Waals surface area contributed by atoms with E-state index in [0.717, 1.165) is 19.3 Å². The molecule has 0 amide bonds. The number of H-pyrrole nitrogens is 1.